The van der Waals surface area contributed by atoms with Gasteiger partial charge in [0.05, 0.1) is 0 Å². The van der Waals surface area contributed by atoms with E-state index in [9.17, 15) is 0 Å². The first-order chi connectivity index (χ1) is 11.2. The van der Waals surface area contributed by atoms with Gasteiger partial charge in [0.15, 0.2) is 0 Å². The lowest BCUT2D eigenvalue weighted by molar-refractivity contribution is 0.163. The predicted molar refractivity (Wildman–Crippen MR) is 105 cm³/mol. The molecule has 0 amide bonds. The van der Waals surface area contributed by atoms with Crippen LogP contribution in [0.3, 0.4) is 0 Å². The topological polar surface area (TPSA) is 18.5 Å². The molecule has 0 unspecified atom stereocenters. The fourth-order valence-corrected chi connectivity index (χ4v) is 5.86. The summed E-state index contributed by atoms with van der Waals surface area (Å²) in [5, 5.41) is 0. The van der Waals surface area contributed by atoms with Crippen molar-refractivity contribution in [1.29, 1.82) is 0 Å². The first-order valence-corrected chi connectivity index (χ1v) is 12.8. The van der Waals surface area contributed by atoms with Crippen LogP contribution in [-0.2, 0) is 8.85 Å². The molecule has 0 aliphatic carbocycles. The Labute approximate surface area is 148 Å². The molecule has 140 valence electrons. The molecule has 0 spiro atoms. The molecule has 0 N–H and O–H groups in total. The summed E-state index contributed by atoms with van der Waals surface area (Å²) < 4.78 is 12.7. The number of hydrogen-bond acceptors (Lipinski definition) is 2. The zero-order chi connectivity index (χ0) is 17.2. The van der Waals surface area contributed by atoms with Gasteiger partial charge in [0.1, 0.15) is 0 Å². The van der Waals surface area contributed by atoms with E-state index >= 15 is 0 Å². The highest BCUT2D eigenvalue weighted by molar-refractivity contribution is 6.67. The van der Waals surface area contributed by atoms with Crippen molar-refractivity contribution in [3.8, 4) is 0 Å². The molecule has 0 heterocycles. The quantitative estimate of drug-likeness (QED) is 0.193. The van der Waals surface area contributed by atoms with Crippen molar-refractivity contribution in [2.24, 2.45) is 0 Å². The molecule has 0 bridgehead atoms. The Hall–Kier alpha value is 0.137. The van der Waals surface area contributed by atoms with Gasteiger partial charge in [-0.1, -0.05) is 91.9 Å². The Morgan fingerprint density at radius 1 is 0.522 bits per heavy atom. The summed E-state index contributed by atoms with van der Waals surface area (Å²) >= 11 is 0. The summed E-state index contributed by atoms with van der Waals surface area (Å²) in [5.74, 6) is 0. The van der Waals surface area contributed by atoms with Crippen LogP contribution in [0.4, 0.5) is 0 Å². The number of hydrogen-bond donors (Lipinski definition) is 0. The van der Waals surface area contributed by atoms with E-state index in [1.165, 1.54) is 83.1 Å². The van der Waals surface area contributed by atoms with Gasteiger partial charge in [-0.2, -0.15) is 0 Å². The van der Waals surface area contributed by atoms with Crippen molar-refractivity contribution in [2.45, 2.75) is 117 Å². The van der Waals surface area contributed by atoms with Gasteiger partial charge in [0, 0.05) is 13.2 Å². The molecule has 0 aromatic rings. The maximum absolute atomic E-state index is 6.34. The molecule has 0 fully saturated rings. The van der Waals surface area contributed by atoms with E-state index in [1.54, 1.807) is 0 Å². The molecule has 0 aliphatic heterocycles. The van der Waals surface area contributed by atoms with Crippen molar-refractivity contribution in [3.63, 3.8) is 0 Å². The van der Waals surface area contributed by atoms with Gasteiger partial charge in [-0.15, -0.1) is 0 Å². The van der Waals surface area contributed by atoms with Crippen molar-refractivity contribution in [2.75, 3.05) is 13.2 Å². The van der Waals surface area contributed by atoms with Crippen LogP contribution in [0.2, 0.25) is 12.1 Å². The fraction of sp³-hybridized carbons (Fsp3) is 1.00. The largest absolute Gasteiger partial charge is 0.394 e. The maximum Gasteiger partial charge on any atom is 0.337 e. The fourth-order valence-electron chi connectivity index (χ4n) is 2.90. The smallest absolute Gasteiger partial charge is 0.337 e. The Balaban J connectivity index is 4.02. The van der Waals surface area contributed by atoms with Gasteiger partial charge in [0.25, 0.3) is 0 Å². The minimum atomic E-state index is -1.93. The predicted octanol–water partition coefficient (Wildman–Crippen LogP) is 7.22. The van der Waals surface area contributed by atoms with Gasteiger partial charge in [0.2, 0.25) is 0 Å². The molecule has 0 atom stereocenters. The van der Waals surface area contributed by atoms with Gasteiger partial charge in [-0.3, -0.25) is 0 Å². The Bertz CT molecular complexity index is 224. The van der Waals surface area contributed by atoms with Crippen molar-refractivity contribution >= 4 is 8.56 Å². The van der Waals surface area contributed by atoms with Crippen LogP contribution in [0.1, 0.15) is 105 Å². The minimum absolute atomic E-state index is 0.902. The molecule has 3 heteroatoms. The lowest BCUT2D eigenvalue weighted by Gasteiger charge is -2.30. The highest BCUT2D eigenvalue weighted by Crippen LogP contribution is 2.24. The highest BCUT2D eigenvalue weighted by Gasteiger charge is 2.34. The first kappa shape index (κ1) is 23.1. The molecule has 0 aromatic carbocycles. The zero-order valence-electron chi connectivity index (χ0n) is 16.6. The van der Waals surface area contributed by atoms with Crippen molar-refractivity contribution < 1.29 is 8.85 Å². The van der Waals surface area contributed by atoms with E-state index in [-0.39, 0.29) is 0 Å². The van der Waals surface area contributed by atoms with Gasteiger partial charge < -0.3 is 8.85 Å². The molecule has 0 aliphatic rings. The number of unbranched alkanes of at least 4 members (excludes halogenated alkanes) is 9. The monoisotopic (exact) mass is 344 g/mol. The third kappa shape index (κ3) is 13.1. The first-order valence-electron chi connectivity index (χ1n) is 10.5. The lowest BCUT2D eigenvalue weighted by atomic mass is 10.1. The minimum Gasteiger partial charge on any atom is -0.394 e. The Morgan fingerprint density at radius 2 is 0.957 bits per heavy atom. The van der Waals surface area contributed by atoms with Gasteiger partial charge >= 0.3 is 8.56 Å². The molecule has 23 heavy (non-hydrogen) atoms. The third-order valence-corrected chi connectivity index (χ3v) is 8.33. The number of rotatable bonds is 18. The van der Waals surface area contributed by atoms with E-state index < -0.39 is 8.56 Å². The van der Waals surface area contributed by atoms with Crippen LogP contribution < -0.4 is 0 Å². The van der Waals surface area contributed by atoms with Gasteiger partial charge in [-0.25, -0.2) is 0 Å². The third-order valence-electron chi connectivity index (χ3n) is 4.68. The molecule has 0 rings (SSSR count). The zero-order valence-corrected chi connectivity index (χ0v) is 17.6. The van der Waals surface area contributed by atoms with Gasteiger partial charge in [-0.05, 0) is 24.9 Å². The van der Waals surface area contributed by atoms with Crippen LogP contribution in [0.5, 0.6) is 0 Å². The molecular weight excluding hydrogens is 300 g/mol. The lowest BCUT2D eigenvalue weighted by Crippen LogP contribution is -2.42. The molecule has 0 aromatic heterocycles. The summed E-state index contributed by atoms with van der Waals surface area (Å²) in [6.45, 7) is 10.8. The van der Waals surface area contributed by atoms with Crippen molar-refractivity contribution in [3.05, 3.63) is 0 Å². The van der Waals surface area contributed by atoms with Crippen LogP contribution in [0.25, 0.3) is 0 Å². The average molecular weight is 345 g/mol. The second kappa shape index (κ2) is 17.0. The van der Waals surface area contributed by atoms with Crippen LogP contribution >= 0.6 is 0 Å². The van der Waals surface area contributed by atoms with E-state index in [0.29, 0.717) is 0 Å². The van der Waals surface area contributed by atoms with Crippen molar-refractivity contribution in [1.82, 2.24) is 0 Å². The second-order valence-electron chi connectivity index (χ2n) is 6.89. The van der Waals surface area contributed by atoms with Crippen LogP contribution in [-0.4, -0.2) is 21.8 Å². The highest BCUT2D eigenvalue weighted by atomic mass is 28.4. The molecular formula is C20H44O2Si. The Kier molecular flexibility index (Phi) is 17.1. The summed E-state index contributed by atoms with van der Waals surface area (Å²) in [7, 11) is -1.93. The summed E-state index contributed by atoms with van der Waals surface area (Å²) in [5.41, 5.74) is 0. The maximum atomic E-state index is 6.34. The van der Waals surface area contributed by atoms with E-state index in [2.05, 4.69) is 27.7 Å². The van der Waals surface area contributed by atoms with E-state index in [1.807, 2.05) is 0 Å². The standard InChI is InChI=1S/C20H44O2Si/c1-5-9-12-13-14-15-16-17-20-23(8-4,21-18-10-6-2)22-19-11-7-3/h5-20H2,1-4H3. The van der Waals surface area contributed by atoms with Crippen LogP contribution in [0, 0.1) is 0 Å². The normalized spacial score (nSPS) is 12.0. The Morgan fingerprint density at radius 3 is 1.39 bits per heavy atom. The summed E-state index contributed by atoms with van der Waals surface area (Å²) in [6.07, 6.45) is 15.8. The molecule has 0 radical (unpaired) electrons. The van der Waals surface area contributed by atoms with E-state index in [0.717, 1.165) is 19.3 Å². The van der Waals surface area contributed by atoms with E-state index in [4.69, 9.17) is 8.85 Å². The molecule has 2 nitrogen and oxygen atoms in total. The second-order valence-corrected chi connectivity index (χ2v) is 10.5. The van der Waals surface area contributed by atoms with Crippen LogP contribution in [0.15, 0.2) is 0 Å². The molecule has 0 saturated heterocycles. The SMILES string of the molecule is CCCCCCCCCC[Si](CC)(OCCCC)OCCCC. The average Bonchev–Trinajstić information content (AvgIpc) is 2.57. The molecule has 0 saturated carbocycles. The summed E-state index contributed by atoms with van der Waals surface area (Å²) in [6, 6.07) is 2.31. The summed E-state index contributed by atoms with van der Waals surface area (Å²) in [4.78, 5) is 0.